The van der Waals surface area contributed by atoms with E-state index < -0.39 is 11.5 Å². The first kappa shape index (κ1) is 20.0. The number of likely N-dealkylation sites (tertiary alicyclic amines) is 1. The van der Waals surface area contributed by atoms with Crippen molar-refractivity contribution in [2.45, 2.75) is 56.8 Å². The summed E-state index contributed by atoms with van der Waals surface area (Å²) in [7, 11) is 5.50. The number of unbranched alkanes of at least 4 members (excludes halogenated alkanes) is 1. The number of hydrogen-bond acceptors (Lipinski definition) is 3. The highest BCUT2D eigenvalue weighted by Gasteiger charge is 2.33. The van der Waals surface area contributed by atoms with E-state index in [9.17, 15) is 9.90 Å². The third-order valence-electron chi connectivity index (χ3n) is 5.45. The summed E-state index contributed by atoms with van der Waals surface area (Å²) >= 11 is 0. The zero-order valence-electron chi connectivity index (χ0n) is 15.2. The Kier molecular flexibility index (Phi) is 7.98. The number of nitrogens with zero attached hydrogens (tertiary/aromatic N) is 1. The number of piperidine rings is 1. The van der Waals surface area contributed by atoms with Gasteiger partial charge in [0, 0.05) is 6.54 Å². The Morgan fingerprint density at radius 2 is 1.88 bits per heavy atom. The predicted molar refractivity (Wildman–Crippen MR) is 103 cm³/mol. The van der Waals surface area contributed by atoms with Gasteiger partial charge in [0.15, 0.2) is 0 Å². The third kappa shape index (κ3) is 6.48. The fourth-order valence-corrected chi connectivity index (χ4v) is 3.64. The molecule has 1 aliphatic heterocycles. The van der Waals surface area contributed by atoms with Crippen LogP contribution in [-0.4, -0.2) is 49.0 Å². The molecule has 136 valence electrons. The molecule has 5 heteroatoms. The third-order valence-corrected chi connectivity index (χ3v) is 5.45. The van der Waals surface area contributed by atoms with Crippen LogP contribution in [0.3, 0.4) is 0 Å². The monoisotopic (exact) mass is 342 g/mol. The Labute approximate surface area is 153 Å². The number of benzene rings is 1. The number of aliphatic carboxylic acids is 1. The van der Waals surface area contributed by atoms with E-state index in [-0.39, 0.29) is 0 Å². The Morgan fingerprint density at radius 3 is 2.48 bits per heavy atom. The molecule has 1 aromatic carbocycles. The Hall–Kier alpha value is -1.33. The minimum Gasteiger partial charge on any atom is -0.480 e. The number of carboxylic acid groups (broad SMARTS) is 1. The molecule has 1 heterocycles. The number of carboxylic acids is 1. The van der Waals surface area contributed by atoms with Crippen molar-refractivity contribution in [2.24, 2.45) is 11.7 Å². The first-order valence-electron chi connectivity index (χ1n) is 9.52. The number of nitrogens with two attached hydrogens (primary N) is 1. The zero-order chi connectivity index (χ0) is 18.1. The molecule has 1 fully saturated rings. The van der Waals surface area contributed by atoms with Crippen molar-refractivity contribution in [3.05, 3.63) is 35.9 Å². The zero-order valence-corrected chi connectivity index (χ0v) is 15.2. The predicted octanol–water partition coefficient (Wildman–Crippen LogP) is 2.87. The Balaban J connectivity index is 1.74. The fraction of sp³-hybridized carbons (Fsp3) is 0.650. The standard InChI is InChI=1S/C20H31BN2O2/c21-12-5-4-10-20(22,19(24)25)11-15-23-13-8-18(9-14-23)16-17-6-2-1-3-7-17/h1-3,6-7,18H,4-5,8-16,22H2,(H,24,25). The maximum Gasteiger partial charge on any atom is 0.323 e. The van der Waals surface area contributed by atoms with E-state index in [0.29, 0.717) is 19.2 Å². The van der Waals surface area contributed by atoms with Gasteiger partial charge in [-0.1, -0.05) is 49.5 Å². The van der Waals surface area contributed by atoms with Gasteiger partial charge in [0.25, 0.3) is 0 Å². The van der Waals surface area contributed by atoms with Crippen LogP contribution in [-0.2, 0) is 11.2 Å². The number of carbonyl (C=O) groups is 1. The molecular formula is C20H31BN2O2. The lowest BCUT2D eigenvalue weighted by Crippen LogP contribution is -2.50. The highest BCUT2D eigenvalue weighted by Crippen LogP contribution is 2.23. The molecule has 1 unspecified atom stereocenters. The Bertz CT molecular complexity index is 518. The van der Waals surface area contributed by atoms with E-state index in [1.807, 2.05) is 0 Å². The van der Waals surface area contributed by atoms with Crippen molar-refractivity contribution >= 4 is 13.8 Å². The van der Waals surface area contributed by atoms with Crippen molar-refractivity contribution < 1.29 is 9.90 Å². The summed E-state index contributed by atoms with van der Waals surface area (Å²) < 4.78 is 0. The summed E-state index contributed by atoms with van der Waals surface area (Å²) in [5.41, 5.74) is 6.46. The van der Waals surface area contributed by atoms with Gasteiger partial charge in [-0.3, -0.25) is 4.79 Å². The smallest absolute Gasteiger partial charge is 0.323 e. The first-order valence-corrected chi connectivity index (χ1v) is 9.52. The van der Waals surface area contributed by atoms with Gasteiger partial charge in [0.1, 0.15) is 5.54 Å². The second-order valence-electron chi connectivity index (χ2n) is 7.43. The first-order chi connectivity index (χ1) is 12.0. The molecule has 0 aromatic heterocycles. The van der Waals surface area contributed by atoms with Crippen LogP contribution in [0.2, 0.25) is 6.32 Å². The minimum absolute atomic E-state index is 0.504. The summed E-state index contributed by atoms with van der Waals surface area (Å²) in [5.74, 6) is -0.159. The SMILES string of the molecule is [B]CCCCC(N)(CCN1CCC(Cc2ccccc2)CC1)C(=O)O. The molecule has 0 spiro atoms. The van der Waals surface area contributed by atoms with Gasteiger partial charge in [-0.25, -0.2) is 0 Å². The lowest BCUT2D eigenvalue weighted by Gasteiger charge is -2.34. The maximum absolute atomic E-state index is 11.6. The average Bonchev–Trinajstić information content (AvgIpc) is 2.62. The second-order valence-corrected chi connectivity index (χ2v) is 7.43. The van der Waals surface area contributed by atoms with E-state index in [1.165, 1.54) is 18.4 Å². The summed E-state index contributed by atoms with van der Waals surface area (Å²) in [6.07, 6.45) is 6.70. The molecule has 0 amide bonds. The lowest BCUT2D eigenvalue weighted by atomic mass is 9.87. The van der Waals surface area contributed by atoms with Gasteiger partial charge in [0.05, 0.1) is 7.85 Å². The molecular weight excluding hydrogens is 311 g/mol. The molecule has 1 aliphatic rings. The van der Waals surface area contributed by atoms with Crippen LogP contribution < -0.4 is 5.73 Å². The molecule has 3 N–H and O–H groups in total. The molecule has 0 bridgehead atoms. The van der Waals surface area contributed by atoms with Crippen molar-refractivity contribution in [2.75, 3.05) is 19.6 Å². The highest BCUT2D eigenvalue weighted by atomic mass is 16.4. The van der Waals surface area contributed by atoms with Crippen LogP contribution >= 0.6 is 0 Å². The van der Waals surface area contributed by atoms with Crippen LogP contribution in [0, 0.1) is 5.92 Å². The van der Waals surface area contributed by atoms with Crippen LogP contribution in [0.15, 0.2) is 30.3 Å². The molecule has 0 saturated carbocycles. The highest BCUT2D eigenvalue weighted by molar-refractivity contribution is 6.08. The van der Waals surface area contributed by atoms with E-state index in [4.69, 9.17) is 13.6 Å². The minimum atomic E-state index is -1.12. The molecule has 0 aliphatic carbocycles. The normalized spacial score (nSPS) is 18.8. The van der Waals surface area contributed by atoms with Crippen molar-refractivity contribution in [3.8, 4) is 0 Å². The molecule has 1 aromatic rings. The summed E-state index contributed by atoms with van der Waals surface area (Å²) in [6.45, 7) is 2.84. The van der Waals surface area contributed by atoms with E-state index >= 15 is 0 Å². The van der Waals surface area contributed by atoms with Gasteiger partial charge < -0.3 is 15.7 Å². The lowest BCUT2D eigenvalue weighted by molar-refractivity contribution is -0.144. The molecule has 25 heavy (non-hydrogen) atoms. The number of hydrogen-bond donors (Lipinski definition) is 2. The van der Waals surface area contributed by atoms with Crippen molar-refractivity contribution in [1.82, 2.24) is 4.90 Å². The van der Waals surface area contributed by atoms with Gasteiger partial charge in [0.2, 0.25) is 0 Å². The second kappa shape index (κ2) is 9.98. The van der Waals surface area contributed by atoms with E-state index in [0.717, 1.165) is 44.8 Å². The van der Waals surface area contributed by atoms with Gasteiger partial charge >= 0.3 is 5.97 Å². The maximum atomic E-state index is 11.6. The van der Waals surface area contributed by atoms with Crippen LogP contribution in [0.5, 0.6) is 0 Å². The number of rotatable bonds is 10. The van der Waals surface area contributed by atoms with Gasteiger partial charge in [-0.2, -0.15) is 0 Å². The molecule has 2 radical (unpaired) electrons. The van der Waals surface area contributed by atoms with E-state index in [2.05, 4.69) is 35.2 Å². The molecule has 4 nitrogen and oxygen atoms in total. The van der Waals surface area contributed by atoms with Crippen molar-refractivity contribution in [3.63, 3.8) is 0 Å². The largest absolute Gasteiger partial charge is 0.480 e. The van der Waals surface area contributed by atoms with Crippen molar-refractivity contribution in [1.29, 1.82) is 0 Å². The quantitative estimate of drug-likeness (QED) is 0.507. The summed E-state index contributed by atoms with van der Waals surface area (Å²) in [4.78, 5) is 13.9. The van der Waals surface area contributed by atoms with Crippen LogP contribution in [0.25, 0.3) is 0 Å². The summed E-state index contributed by atoms with van der Waals surface area (Å²) in [6, 6.07) is 10.7. The van der Waals surface area contributed by atoms with Gasteiger partial charge in [-0.05, 0) is 56.7 Å². The average molecular weight is 342 g/mol. The fourth-order valence-electron chi connectivity index (χ4n) is 3.64. The van der Waals surface area contributed by atoms with E-state index in [1.54, 1.807) is 0 Å². The molecule has 2 rings (SSSR count). The molecule has 1 atom stereocenters. The van der Waals surface area contributed by atoms with Gasteiger partial charge in [-0.15, -0.1) is 0 Å². The van der Waals surface area contributed by atoms with Crippen LogP contribution in [0.1, 0.15) is 44.1 Å². The summed E-state index contributed by atoms with van der Waals surface area (Å²) in [5, 5.41) is 9.49. The molecule has 1 saturated heterocycles. The Morgan fingerprint density at radius 1 is 1.20 bits per heavy atom. The van der Waals surface area contributed by atoms with Crippen LogP contribution in [0.4, 0.5) is 0 Å². The topological polar surface area (TPSA) is 66.6 Å².